The predicted molar refractivity (Wildman–Crippen MR) is 70.9 cm³/mol. The van der Waals surface area contributed by atoms with Gasteiger partial charge in [0.25, 0.3) is 0 Å². The van der Waals surface area contributed by atoms with Crippen molar-refractivity contribution in [3.8, 4) is 0 Å². The van der Waals surface area contributed by atoms with Crippen LogP contribution in [0, 0.1) is 0 Å². The van der Waals surface area contributed by atoms with Crippen LogP contribution < -0.4 is 10.6 Å². The van der Waals surface area contributed by atoms with Gasteiger partial charge in [-0.25, -0.2) is 4.79 Å². The van der Waals surface area contributed by atoms with Gasteiger partial charge in [-0.3, -0.25) is 4.79 Å². The third-order valence-corrected chi connectivity index (χ3v) is 2.93. The van der Waals surface area contributed by atoms with E-state index in [9.17, 15) is 9.59 Å². The Hall–Kier alpha value is -1.14. The second-order valence-electron chi connectivity index (χ2n) is 6.03. The molecule has 0 spiro atoms. The van der Waals surface area contributed by atoms with E-state index in [1.54, 1.807) is 6.92 Å². The molecular formula is C13H24N2O4. The first-order valence-electron chi connectivity index (χ1n) is 6.62. The molecule has 3 atom stereocenters. The smallest absolute Gasteiger partial charge is 0.332 e. The molecule has 0 aromatic rings. The summed E-state index contributed by atoms with van der Waals surface area (Å²) in [5.41, 5.74) is -0.259. The third-order valence-electron chi connectivity index (χ3n) is 2.93. The Balaban J connectivity index is 2.29. The number of carboxylic acids is 1. The Kier molecular flexibility index (Phi) is 5.31. The lowest BCUT2D eigenvalue weighted by Gasteiger charge is -2.24. The van der Waals surface area contributed by atoms with Crippen molar-refractivity contribution in [2.45, 2.75) is 64.3 Å². The van der Waals surface area contributed by atoms with Crippen LogP contribution in [0.2, 0.25) is 0 Å². The summed E-state index contributed by atoms with van der Waals surface area (Å²) in [6.45, 7) is 8.05. The second kappa shape index (κ2) is 6.34. The fourth-order valence-corrected chi connectivity index (χ4v) is 1.92. The molecule has 0 saturated carbocycles. The zero-order chi connectivity index (χ0) is 14.6. The lowest BCUT2D eigenvalue weighted by atomic mass is 10.1. The summed E-state index contributed by atoms with van der Waals surface area (Å²) in [5, 5.41) is 14.8. The quantitative estimate of drug-likeness (QED) is 0.679. The molecule has 1 amide bonds. The maximum absolute atomic E-state index is 11.8. The van der Waals surface area contributed by atoms with Crippen molar-refractivity contribution in [1.82, 2.24) is 10.6 Å². The van der Waals surface area contributed by atoms with Crippen LogP contribution in [0.3, 0.4) is 0 Å². The average molecular weight is 272 g/mol. The Morgan fingerprint density at radius 1 is 1.37 bits per heavy atom. The van der Waals surface area contributed by atoms with Crippen LogP contribution in [0.5, 0.6) is 0 Å². The number of aliphatic carboxylic acids is 1. The Labute approximate surface area is 113 Å². The Morgan fingerprint density at radius 2 is 2.00 bits per heavy atom. The van der Waals surface area contributed by atoms with Gasteiger partial charge in [-0.1, -0.05) is 0 Å². The molecule has 6 heteroatoms. The molecule has 1 aliphatic rings. The molecular weight excluding hydrogens is 248 g/mol. The Morgan fingerprint density at radius 3 is 2.47 bits per heavy atom. The first-order valence-corrected chi connectivity index (χ1v) is 6.62. The first-order chi connectivity index (χ1) is 8.69. The molecule has 19 heavy (non-hydrogen) atoms. The van der Waals surface area contributed by atoms with Crippen LogP contribution in [0.15, 0.2) is 0 Å². The molecule has 1 rings (SSSR count). The van der Waals surface area contributed by atoms with Gasteiger partial charge in [0.15, 0.2) is 6.10 Å². The number of rotatable bonds is 5. The lowest BCUT2D eigenvalue weighted by molar-refractivity contribution is -0.149. The summed E-state index contributed by atoms with van der Waals surface area (Å²) in [6.07, 6.45) is 0.401. The van der Waals surface area contributed by atoms with Crippen molar-refractivity contribution in [2.75, 3.05) is 6.54 Å². The van der Waals surface area contributed by atoms with E-state index >= 15 is 0 Å². The van der Waals surface area contributed by atoms with Crippen molar-refractivity contribution in [1.29, 1.82) is 0 Å². The van der Waals surface area contributed by atoms with E-state index in [2.05, 4.69) is 10.6 Å². The predicted octanol–water partition coefficient (Wildman–Crippen LogP) is 0.511. The highest BCUT2D eigenvalue weighted by Crippen LogP contribution is 2.19. The fourth-order valence-electron chi connectivity index (χ4n) is 1.92. The van der Waals surface area contributed by atoms with E-state index in [0.29, 0.717) is 19.4 Å². The average Bonchev–Trinajstić information content (AvgIpc) is 2.72. The van der Waals surface area contributed by atoms with Crippen molar-refractivity contribution >= 4 is 11.9 Å². The summed E-state index contributed by atoms with van der Waals surface area (Å²) in [5.74, 6) is -0.985. The molecule has 3 unspecified atom stereocenters. The summed E-state index contributed by atoms with van der Waals surface area (Å²) in [7, 11) is 0. The minimum Gasteiger partial charge on any atom is -0.479 e. The fraction of sp³-hybridized carbons (Fsp3) is 0.846. The minimum atomic E-state index is -0.916. The van der Waals surface area contributed by atoms with E-state index < -0.39 is 12.1 Å². The van der Waals surface area contributed by atoms with Gasteiger partial charge in [0, 0.05) is 12.1 Å². The number of carbonyl (C=O) groups excluding carboxylic acids is 1. The van der Waals surface area contributed by atoms with Gasteiger partial charge in [-0.05, 0) is 40.5 Å². The summed E-state index contributed by atoms with van der Waals surface area (Å²) in [6, 6.07) is -0.327. The van der Waals surface area contributed by atoms with Gasteiger partial charge in [-0.2, -0.15) is 0 Å². The van der Waals surface area contributed by atoms with Crippen LogP contribution in [0.4, 0.5) is 0 Å². The molecule has 110 valence electrons. The van der Waals surface area contributed by atoms with Gasteiger partial charge in [0.1, 0.15) is 0 Å². The molecule has 1 aliphatic heterocycles. The zero-order valence-corrected chi connectivity index (χ0v) is 12.0. The minimum absolute atomic E-state index is 0.0692. The van der Waals surface area contributed by atoms with Gasteiger partial charge in [-0.15, -0.1) is 0 Å². The van der Waals surface area contributed by atoms with E-state index in [0.717, 1.165) is 0 Å². The van der Waals surface area contributed by atoms with Crippen molar-refractivity contribution in [3.63, 3.8) is 0 Å². The van der Waals surface area contributed by atoms with E-state index in [-0.39, 0.29) is 23.6 Å². The number of ether oxygens (including phenoxy) is 1. The molecule has 0 aromatic heterocycles. The van der Waals surface area contributed by atoms with Crippen molar-refractivity contribution in [3.05, 3.63) is 0 Å². The number of amides is 1. The maximum Gasteiger partial charge on any atom is 0.332 e. The van der Waals surface area contributed by atoms with E-state index in [1.807, 2.05) is 20.8 Å². The van der Waals surface area contributed by atoms with Crippen LogP contribution in [0.1, 0.15) is 40.5 Å². The summed E-state index contributed by atoms with van der Waals surface area (Å²) in [4.78, 5) is 22.6. The molecule has 6 nitrogen and oxygen atoms in total. The van der Waals surface area contributed by atoms with Crippen LogP contribution in [-0.4, -0.2) is 47.3 Å². The first kappa shape index (κ1) is 15.9. The third kappa shape index (κ3) is 5.57. The van der Waals surface area contributed by atoms with E-state index in [1.165, 1.54) is 0 Å². The number of hydrogen-bond donors (Lipinski definition) is 3. The second-order valence-corrected chi connectivity index (χ2v) is 6.03. The normalized spacial score (nSPS) is 25.1. The number of nitrogens with one attached hydrogen (secondary N) is 2. The van der Waals surface area contributed by atoms with Gasteiger partial charge in [0.05, 0.1) is 12.1 Å². The highest BCUT2D eigenvalue weighted by atomic mass is 16.5. The number of hydrogen-bond acceptors (Lipinski definition) is 4. The summed E-state index contributed by atoms with van der Waals surface area (Å²) >= 11 is 0. The monoisotopic (exact) mass is 272 g/mol. The molecule has 1 saturated heterocycles. The molecule has 0 radical (unpaired) electrons. The van der Waals surface area contributed by atoms with Crippen molar-refractivity contribution in [2.24, 2.45) is 0 Å². The van der Waals surface area contributed by atoms with Gasteiger partial charge in [0.2, 0.25) is 5.91 Å². The molecule has 0 aliphatic carbocycles. The molecule has 0 aromatic carbocycles. The highest BCUT2D eigenvalue weighted by Gasteiger charge is 2.30. The number of carbonyl (C=O) groups is 2. The highest BCUT2D eigenvalue weighted by molar-refractivity contribution is 5.81. The van der Waals surface area contributed by atoms with Gasteiger partial charge >= 0.3 is 5.97 Å². The van der Waals surface area contributed by atoms with Crippen LogP contribution >= 0.6 is 0 Å². The van der Waals surface area contributed by atoms with Gasteiger partial charge < -0.3 is 20.5 Å². The van der Waals surface area contributed by atoms with Crippen molar-refractivity contribution < 1.29 is 19.4 Å². The SMILES string of the molecule is CC(NCC1CCC(C(=O)O)O1)C(=O)NC(C)(C)C. The molecule has 1 fully saturated rings. The van der Waals surface area contributed by atoms with E-state index in [4.69, 9.17) is 9.84 Å². The molecule has 3 N–H and O–H groups in total. The summed E-state index contributed by atoms with van der Waals surface area (Å²) < 4.78 is 5.36. The molecule has 1 heterocycles. The number of carboxylic acid groups (broad SMARTS) is 1. The zero-order valence-electron chi connectivity index (χ0n) is 12.0. The standard InChI is InChI=1S/C13H24N2O4/c1-8(11(16)15-13(2,3)4)14-7-9-5-6-10(19-9)12(17)18/h8-10,14H,5-7H2,1-4H3,(H,15,16)(H,17,18). The van der Waals surface area contributed by atoms with Crippen LogP contribution in [0.25, 0.3) is 0 Å². The Bertz CT molecular complexity index is 338. The molecule has 0 bridgehead atoms. The maximum atomic E-state index is 11.8. The van der Waals surface area contributed by atoms with Crippen LogP contribution in [-0.2, 0) is 14.3 Å². The largest absolute Gasteiger partial charge is 0.479 e. The lowest BCUT2D eigenvalue weighted by Crippen LogP contribution is -2.50. The topological polar surface area (TPSA) is 87.7 Å².